The largest absolute Gasteiger partial charge is 0.302 e. The summed E-state index contributed by atoms with van der Waals surface area (Å²) in [5, 5.41) is 8.67. The highest BCUT2D eigenvalue weighted by molar-refractivity contribution is 5.85. The zero-order chi connectivity index (χ0) is 10.7. The molecule has 1 saturated carbocycles. The van der Waals surface area contributed by atoms with E-state index in [0.717, 1.165) is 18.4 Å². The molecule has 16 heavy (non-hydrogen) atoms. The number of hydrogen-bond donors (Lipinski definition) is 0. The number of hydrogen-bond acceptors (Lipinski definition) is 2. The van der Waals surface area contributed by atoms with Crippen molar-refractivity contribution < 1.29 is 0 Å². The number of rotatable bonds is 3. The summed E-state index contributed by atoms with van der Waals surface area (Å²) in [6.07, 6.45) is 6.52. The second-order valence-electron chi connectivity index (χ2n) is 5.57. The molecule has 0 amide bonds. The van der Waals surface area contributed by atoms with Crippen LogP contribution in [0.4, 0.5) is 0 Å². The predicted octanol–water partition coefficient (Wildman–Crippen LogP) is 3.08. The lowest BCUT2D eigenvalue weighted by atomic mass is 9.84. The Labute approximate surface area is 105 Å². The molecular weight excluding hydrogens is 220 g/mol. The Morgan fingerprint density at radius 3 is 2.12 bits per heavy atom. The van der Waals surface area contributed by atoms with E-state index < -0.39 is 0 Å². The summed E-state index contributed by atoms with van der Waals surface area (Å²) < 4.78 is 0. The summed E-state index contributed by atoms with van der Waals surface area (Å²) in [6, 6.07) is 2.28. The normalized spacial score (nSPS) is 31.2. The van der Waals surface area contributed by atoms with Crippen LogP contribution in [0, 0.1) is 29.1 Å². The molecule has 0 radical (unpaired) electrons. The van der Waals surface area contributed by atoms with Crippen molar-refractivity contribution in [1.29, 1.82) is 5.26 Å². The Morgan fingerprint density at radius 2 is 1.69 bits per heavy atom. The van der Waals surface area contributed by atoms with Crippen LogP contribution in [0.3, 0.4) is 0 Å². The highest BCUT2D eigenvalue weighted by Gasteiger charge is 2.29. The maximum Gasteiger partial charge on any atom is 0.0625 e. The van der Waals surface area contributed by atoms with Crippen LogP contribution in [0.25, 0.3) is 0 Å². The molecule has 0 spiro atoms. The van der Waals surface area contributed by atoms with Crippen LogP contribution in [0.5, 0.6) is 0 Å². The number of halogens is 1. The Bertz CT molecular complexity index is 227. The second-order valence-corrected chi connectivity index (χ2v) is 5.57. The van der Waals surface area contributed by atoms with Gasteiger partial charge in [-0.25, -0.2) is 0 Å². The van der Waals surface area contributed by atoms with Crippen molar-refractivity contribution in [1.82, 2.24) is 4.90 Å². The average Bonchev–Trinajstić information content (AvgIpc) is 2.49. The maximum atomic E-state index is 8.67. The van der Waals surface area contributed by atoms with Crippen molar-refractivity contribution in [2.24, 2.45) is 17.8 Å². The molecule has 0 aromatic carbocycles. The van der Waals surface area contributed by atoms with Gasteiger partial charge < -0.3 is 4.90 Å². The molecule has 2 heterocycles. The first-order valence-electron chi connectivity index (χ1n) is 6.37. The Hall–Kier alpha value is -0.260. The van der Waals surface area contributed by atoms with Crippen LogP contribution in [0.2, 0.25) is 0 Å². The number of nitrogens with zero attached hydrogens (tertiary/aromatic N) is 2. The fraction of sp³-hybridized carbons (Fsp3) is 0.923. The van der Waals surface area contributed by atoms with E-state index >= 15 is 0 Å². The van der Waals surface area contributed by atoms with Gasteiger partial charge in [-0.05, 0) is 43.4 Å². The van der Waals surface area contributed by atoms with Crippen molar-refractivity contribution >= 4 is 12.4 Å². The molecule has 3 rings (SSSR count). The highest BCUT2D eigenvalue weighted by Crippen LogP contribution is 2.34. The smallest absolute Gasteiger partial charge is 0.0625 e. The van der Waals surface area contributed by atoms with Crippen molar-refractivity contribution in [2.75, 3.05) is 19.6 Å². The lowest BCUT2D eigenvalue weighted by Gasteiger charge is -2.24. The van der Waals surface area contributed by atoms with Gasteiger partial charge in [0.15, 0.2) is 0 Å². The molecule has 1 atom stereocenters. The molecule has 2 nitrogen and oxygen atoms in total. The highest BCUT2D eigenvalue weighted by atomic mass is 35.5. The average molecular weight is 243 g/mol. The number of fused-ring (bicyclic) bond motifs is 4. The van der Waals surface area contributed by atoms with Crippen LogP contribution in [-0.2, 0) is 0 Å². The molecule has 1 unspecified atom stereocenters. The van der Waals surface area contributed by atoms with Crippen LogP contribution >= 0.6 is 12.4 Å². The van der Waals surface area contributed by atoms with Gasteiger partial charge in [-0.3, -0.25) is 0 Å². The van der Waals surface area contributed by atoms with Crippen molar-refractivity contribution in [3.63, 3.8) is 0 Å². The first-order valence-corrected chi connectivity index (χ1v) is 6.37. The third-order valence-corrected chi connectivity index (χ3v) is 4.01. The van der Waals surface area contributed by atoms with Gasteiger partial charge in [0.05, 0.1) is 6.07 Å². The minimum absolute atomic E-state index is 0. The third-order valence-electron chi connectivity index (χ3n) is 4.01. The molecule has 0 aromatic rings. The van der Waals surface area contributed by atoms with E-state index in [1.54, 1.807) is 0 Å². The van der Waals surface area contributed by atoms with Gasteiger partial charge in [0, 0.05) is 26.1 Å². The quantitative estimate of drug-likeness (QED) is 0.761. The van der Waals surface area contributed by atoms with Gasteiger partial charge in [0.25, 0.3) is 0 Å². The molecule has 2 bridgehead atoms. The first kappa shape index (κ1) is 13.8. The van der Waals surface area contributed by atoms with E-state index in [1.807, 2.05) is 0 Å². The molecule has 2 aliphatic heterocycles. The van der Waals surface area contributed by atoms with Crippen molar-refractivity contribution in [3.05, 3.63) is 0 Å². The van der Waals surface area contributed by atoms with E-state index in [1.165, 1.54) is 38.8 Å². The fourth-order valence-electron chi connectivity index (χ4n) is 3.21. The van der Waals surface area contributed by atoms with Crippen LogP contribution < -0.4 is 0 Å². The summed E-state index contributed by atoms with van der Waals surface area (Å²) in [5.74, 6) is 2.46. The summed E-state index contributed by atoms with van der Waals surface area (Å²) in [5.41, 5.74) is 0. The Kier molecular flexibility index (Phi) is 5.58. The van der Waals surface area contributed by atoms with Crippen molar-refractivity contribution in [3.8, 4) is 6.07 Å². The molecule has 3 aliphatic rings. The zero-order valence-electron chi connectivity index (χ0n) is 10.2. The molecule has 3 heteroatoms. The van der Waals surface area contributed by atoms with Gasteiger partial charge >= 0.3 is 0 Å². The zero-order valence-corrected chi connectivity index (χ0v) is 11.0. The summed E-state index contributed by atoms with van der Waals surface area (Å²) in [6.45, 7) is 5.94. The van der Waals surface area contributed by atoms with Gasteiger partial charge in [0.1, 0.15) is 0 Å². The third kappa shape index (κ3) is 3.64. The van der Waals surface area contributed by atoms with Gasteiger partial charge in [0.2, 0.25) is 0 Å². The molecule has 1 aliphatic carbocycles. The molecule has 0 aromatic heterocycles. The second kappa shape index (κ2) is 6.47. The standard InChI is InChI=1S/C13H22N2.ClH/c1-11(6-7-14)8-15-9-12-2-3-13(10-15)5-4-12;/h11-13H,2-6,8-10H2,1H3;1H. The van der Waals surface area contributed by atoms with Crippen LogP contribution in [0.1, 0.15) is 39.0 Å². The SMILES string of the molecule is CC(CC#N)CN1CC2CCC(CC2)C1.Cl. The van der Waals surface area contributed by atoms with Gasteiger partial charge in [-0.15, -0.1) is 12.4 Å². The Balaban J connectivity index is 0.00000128. The van der Waals surface area contributed by atoms with E-state index in [2.05, 4.69) is 17.9 Å². The predicted molar refractivity (Wildman–Crippen MR) is 68.5 cm³/mol. The molecule has 2 saturated heterocycles. The van der Waals surface area contributed by atoms with Crippen molar-refractivity contribution in [2.45, 2.75) is 39.0 Å². The monoisotopic (exact) mass is 242 g/mol. The first-order chi connectivity index (χ1) is 7.28. The molecule has 0 N–H and O–H groups in total. The van der Waals surface area contributed by atoms with Gasteiger partial charge in [-0.2, -0.15) is 5.26 Å². The van der Waals surface area contributed by atoms with E-state index in [9.17, 15) is 0 Å². The minimum Gasteiger partial charge on any atom is -0.302 e. The lowest BCUT2D eigenvalue weighted by molar-refractivity contribution is 0.221. The van der Waals surface area contributed by atoms with E-state index in [-0.39, 0.29) is 12.4 Å². The molecule has 3 fully saturated rings. The summed E-state index contributed by atoms with van der Waals surface area (Å²) in [4.78, 5) is 2.62. The van der Waals surface area contributed by atoms with Crippen LogP contribution in [0.15, 0.2) is 0 Å². The molecule has 92 valence electrons. The minimum atomic E-state index is 0. The maximum absolute atomic E-state index is 8.67. The Morgan fingerprint density at radius 1 is 1.19 bits per heavy atom. The summed E-state index contributed by atoms with van der Waals surface area (Å²) in [7, 11) is 0. The lowest BCUT2D eigenvalue weighted by Crippen LogP contribution is -2.32. The topological polar surface area (TPSA) is 27.0 Å². The molecular formula is C13H23ClN2. The summed E-state index contributed by atoms with van der Waals surface area (Å²) >= 11 is 0. The fourth-order valence-corrected chi connectivity index (χ4v) is 3.21. The number of nitriles is 1. The van der Waals surface area contributed by atoms with Gasteiger partial charge in [-0.1, -0.05) is 6.92 Å². The van der Waals surface area contributed by atoms with E-state index in [0.29, 0.717) is 12.3 Å². The van der Waals surface area contributed by atoms with Crippen LogP contribution in [-0.4, -0.2) is 24.5 Å². The van der Waals surface area contributed by atoms with E-state index in [4.69, 9.17) is 5.26 Å².